The van der Waals surface area contributed by atoms with Crippen LogP contribution in [0.15, 0.2) is 0 Å². The van der Waals surface area contributed by atoms with Crippen LogP contribution in [0.25, 0.3) is 0 Å². The van der Waals surface area contributed by atoms with Gasteiger partial charge in [-0.3, -0.25) is 9.59 Å². The van der Waals surface area contributed by atoms with Crippen molar-refractivity contribution in [3.63, 3.8) is 0 Å². The topological polar surface area (TPSA) is 167 Å². The Kier molecular flexibility index (Phi) is 6.68. The summed E-state index contributed by atoms with van der Waals surface area (Å²) in [5.74, 6) is 0. The van der Waals surface area contributed by atoms with Crippen molar-refractivity contribution in [3.8, 4) is 0 Å². The van der Waals surface area contributed by atoms with Crippen LogP contribution < -0.4 is 10.6 Å². The van der Waals surface area contributed by atoms with Crippen LogP contribution in [0.4, 0.5) is 0 Å². The molecule has 0 aromatic heterocycles. The van der Waals surface area contributed by atoms with Crippen molar-refractivity contribution >= 4 is 12.8 Å². The predicted octanol–water partition coefficient (Wildman–Crippen LogP) is -3.83. The molecular weight excluding hydrogens is 340 g/mol. The van der Waals surface area contributed by atoms with Gasteiger partial charge in [0.15, 0.2) is 12.6 Å². The molecule has 144 valence electrons. The highest BCUT2D eigenvalue weighted by Gasteiger charge is 2.49. The molecule has 0 bridgehead atoms. The maximum absolute atomic E-state index is 10.8. The minimum Gasteiger partial charge on any atom is -0.388 e. The van der Waals surface area contributed by atoms with Gasteiger partial charge in [-0.2, -0.15) is 0 Å². The van der Waals surface area contributed by atoms with Gasteiger partial charge in [-0.15, -0.1) is 0 Å². The standard InChI is InChI=1S/C14H24N2O9/c1-5-7(15-3-17)9(19)10(20)14(24-5)25-12-8(16-4-18)6(2)23-13(22)11(12)21/h3-14,19-22H,1-2H3,(H,15,17)(H,16,18)/t5-,6-,7-,8-,9+,10+,11+,12+,13+,14-/m1/s1. The van der Waals surface area contributed by atoms with Crippen LogP contribution in [0.2, 0.25) is 0 Å². The van der Waals surface area contributed by atoms with E-state index in [1.165, 1.54) is 0 Å². The highest BCUT2D eigenvalue weighted by molar-refractivity contribution is 5.47. The zero-order valence-electron chi connectivity index (χ0n) is 13.8. The number of hydrogen-bond acceptors (Lipinski definition) is 9. The van der Waals surface area contributed by atoms with Crippen molar-refractivity contribution in [2.75, 3.05) is 0 Å². The van der Waals surface area contributed by atoms with Gasteiger partial charge in [0, 0.05) is 0 Å². The Morgan fingerprint density at radius 1 is 0.840 bits per heavy atom. The van der Waals surface area contributed by atoms with Crippen LogP contribution in [0.3, 0.4) is 0 Å². The Bertz CT molecular complexity index is 468. The fourth-order valence-corrected chi connectivity index (χ4v) is 3.11. The molecule has 0 aromatic rings. The monoisotopic (exact) mass is 364 g/mol. The molecule has 2 amide bonds. The van der Waals surface area contributed by atoms with Crippen LogP contribution in [0.5, 0.6) is 0 Å². The van der Waals surface area contributed by atoms with E-state index in [9.17, 15) is 30.0 Å². The lowest BCUT2D eigenvalue weighted by Gasteiger charge is -2.46. The Labute approximate surface area is 143 Å². The zero-order valence-corrected chi connectivity index (χ0v) is 13.8. The molecule has 11 heteroatoms. The fraction of sp³-hybridized carbons (Fsp3) is 0.857. The second-order valence-corrected chi connectivity index (χ2v) is 6.13. The van der Waals surface area contributed by atoms with Gasteiger partial charge in [-0.05, 0) is 13.8 Å². The Morgan fingerprint density at radius 3 is 2.00 bits per heavy atom. The van der Waals surface area contributed by atoms with Crippen molar-refractivity contribution in [2.45, 2.75) is 75.1 Å². The molecule has 2 aliphatic rings. The van der Waals surface area contributed by atoms with E-state index in [4.69, 9.17) is 14.2 Å². The number of rotatable bonds is 6. The van der Waals surface area contributed by atoms with Crippen LogP contribution in [0.1, 0.15) is 13.8 Å². The van der Waals surface area contributed by atoms with Gasteiger partial charge in [0.25, 0.3) is 0 Å². The number of ether oxygens (including phenoxy) is 3. The third-order valence-corrected chi connectivity index (χ3v) is 4.51. The van der Waals surface area contributed by atoms with E-state index in [0.29, 0.717) is 12.8 Å². The molecule has 0 unspecified atom stereocenters. The van der Waals surface area contributed by atoms with E-state index in [1.807, 2.05) is 0 Å². The predicted molar refractivity (Wildman–Crippen MR) is 79.8 cm³/mol. The molecule has 11 nitrogen and oxygen atoms in total. The molecule has 25 heavy (non-hydrogen) atoms. The first-order valence-corrected chi connectivity index (χ1v) is 7.89. The first-order valence-electron chi connectivity index (χ1n) is 7.89. The highest BCUT2D eigenvalue weighted by atomic mass is 16.7. The maximum Gasteiger partial charge on any atom is 0.207 e. The molecule has 6 N–H and O–H groups in total. The van der Waals surface area contributed by atoms with Crippen LogP contribution >= 0.6 is 0 Å². The van der Waals surface area contributed by atoms with Gasteiger partial charge in [0.1, 0.15) is 24.4 Å². The lowest BCUT2D eigenvalue weighted by atomic mass is 9.95. The van der Waals surface area contributed by atoms with Crippen molar-refractivity contribution in [1.82, 2.24) is 10.6 Å². The summed E-state index contributed by atoms with van der Waals surface area (Å²) in [6.45, 7) is 3.12. The number of carbonyl (C=O) groups excluding carboxylic acids is 2. The molecule has 10 atom stereocenters. The summed E-state index contributed by atoms with van der Waals surface area (Å²) < 4.78 is 16.2. The fourth-order valence-electron chi connectivity index (χ4n) is 3.11. The van der Waals surface area contributed by atoms with Crippen LogP contribution in [-0.2, 0) is 23.8 Å². The molecule has 2 aliphatic heterocycles. The van der Waals surface area contributed by atoms with Gasteiger partial charge in [-0.1, -0.05) is 0 Å². The molecule has 0 aromatic carbocycles. The summed E-state index contributed by atoms with van der Waals surface area (Å²) in [5.41, 5.74) is 0. The Balaban J connectivity index is 2.14. The van der Waals surface area contributed by atoms with Gasteiger partial charge >= 0.3 is 0 Å². The number of nitrogens with one attached hydrogen (secondary N) is 2. The zero-order chi connectivity index (χ0) is 18.7. The lowest BCUT2D eigenvalue weighted by molar-refractivity contribution is -0.327. The van der Waals surface area contributed by atoms with Crippen LogP contribution in [0, 0.1) is 0 Å². The second kappa shape index (κ2) is 8.36. The minimum atomic E-state index is -1.56. The van der Waals surface area contributed by atoms with Crippen LogP contribution in [-0.4, -0.2) is 94.5 Å². The van der Waals surface area contributed by atoms with Gasteiger partial charge < -0.3 is 45.3 Å². The number of aliphatic hydroxyl groups is 4. The largest absolute Gasteiger partial charge is 0.388 e. The first-order chi connectivity index (χ1) is 11.8. The second-order valence-electron chi connectivity index (χ2n) is 6.13. The number of hydrogen-bond donors (Lipinski definition) is 6. The molecule has 2 fully saturated rings. The van der Waals surface area contributed by atoms with E-state index in [-0.39, 0.29) is 0 Å². The average molecular weight is 364 g/mol. The van der Waals surface area contributed by atoms with Crippen molar-refractivity contribution in [3.05, 3.63) is 0 Å². The molecule has 0 saturated carbocycles. The Hall–Kier alpha value is -1.34. The van der Waals surface area contributed by atoms with Gasteiger partial charge in [0.05, 0.1) is 24.3 Å². The van der Waals surface area contributed by atoms with Crippen molar-refractivity contribution in [1.29, 1.82) is 0 Å². The summed E-state index contributed by atoms with van der Waals surface area (Å²) in [6, 6.07) is -1.68. The van der Waals surface area contributed by atoms with Crippen molar-refractivity contribution in [2.24, 2.45) is 0 Å². The van der Waals surface area contributed by atoms with Gasteiger partial charge in [-0.25, -0.2) is 0 Å². The van der Waals surface area contributed by atoms with E-state index in [1.54, 1.807) is 13.8 Å². The number of carbonyl (C=O) groups is 2. The summed E-state index contributed by atoms with van der Waals surface area (Å²) >= 11 is 0. The third kappa shape index (κ3) is 4.08. The molecule has 2 heterocycles. The molecule has 0 spiro atoms. The minimum absolute atomic E-state index is 0.381. The summed E-state index contributed by atoms with van der Waals surface area (Å²) in [5, 5.41) is 45.0. The molecular formula is C14H24N2O9. The molecule has 0 aliphatic carbocycles. The lowest BCUT2D eigenvalue weighted by Crippen LogP contribution is -2.67. The van der Waals surface area contributed by atoms with E-state index < -0.39 is 61.3 Å². The summed E-state index contributed by atoms with van der Waals surface area (Å²) in [7, 11) is 0. The average Bonchev–Trinajstić information content (AvgIpc) is 2.57. The molecule has 0 radical (unpaired) electrons. The number of aliphatic hydroxyl groups excluding tert-OH is 4. The summed E-state index contributed by atoms with van der Waals surface area (Å²) in [4.78, 5) is 21.4. The number of amides is 2. The van der Waals surface area contributed by atoms with E-state index in [0.717, 1.165) is 0 Å². The molecule has 2 rings (SSSR count). The van der Waals surface area contributed by atoms with Crippen molar-refractivity contribution < 1.29 is 44.2 Å². The van der Waals surface area contributed by atoms with E-state index >= 15 is 0 Å². The molecule has 2 saturated heterocycles. The van der Waals surface area contributed by atoms with E-state index in [2.05, 4.69) is 10.6 Å². The maximum atomic E-state index is 10.8. The van der Waals surface area contributed by atoms with Gasteiger partial charge in [0.2, 0.25) is 12.8 Å². The smallest absolute Gasteiger partial charge is 0.207 e. The Morgan fingerprint density at radius 2 is 1.40 bits per heavy atom. The SMILES string of the molecule is C[C@H]1O[C@H](O[C@@H]2[C@H](O)[C@@H](O)O[C@H](C)[C@H]2NC=O)[C@@H](O)[C@@H](O)[C@@H]1NC=O. The highest BCUT2D eigenvalue weighted by Crippen LogP contribution is 2.28. The normalized spacial score (nSPS) is 47.8. The summed E-state index contributed by atoms with van der Waals surface area (Å²) in [6.07, 6.45) is -9.14. The quantitative estimate of drug-likeness (QED) is 0.259. The third-order valence-electron chi connectivity index (χ3n) is 4.51. The first kappa shape index (κ1) is 20.0.